The van der Waals surface area contributed by atoms with Crippen LogP contribution in [0.4, 0.5) is 0 Å². The van der Waals surface area contributed by atoms with Crippen molar-refractivity contribution < 1.29 is 4.42 Å². The first-order valence-electron chi connectivity index (χ1n) is 8.56. The van der Waals surface area contributed by atoms with Crippen molar-refractivity contribution in [3.63, 3.8) is 0 Å². The van der Waals surface area contributed by atoms with Gasteiger partial charge in [0.2, 0.25) is 11.0 Å². The Kier molecular flexibility index (Phi) is 5.65. The molecule has 4 aromatic heterocycles. The molecule has 4 rings (SSSR count). The van der Waals surface area contributed by atoms with E-state index in [1.165, 1.54) is 27.1 Å². The lowest BCUT2D eigenvalue weighted by molar-refractivity contribution is 0.527. The lowest BCUT2D eigenvalue weighted by Gasteiger charge is -2.01. The molecule has 0 aliphatic carbocycles. The summed E-state index contributed by atoms with van der Waals surface area (Å²) in [6, 6.07) is 6.29. The van der Waals surface area contributed by atoms with Gasteiger partial charge >= 0.3 is 0 Å². The zero-order valence-corrected chi connectivity index (χ0v) is 17.4. The molecule has 0 N–H and O–H groups in total. The molecule has 0 amide bonds. The van der Waals surface area contributed by atoms with Crippen molar-refractivity contribution in [2.45, 2.75) is 44.1 Å². The highest BCUT2D eigenvalue weighted by Crippen LogP contribution is 2.31. The third kappa shape index (κ3) is 4.28. The Morgan fingerprint density at radius 1 is 1.26 bits per heavy atom. The van der Waals surface area contributed by atoms with Gasteiger partial charge in [0.05, 0.1) is 17.2 Å². The molecule has 0 aliphatic heterocycles. The summed E-state index contributed by atoms with van der Waals surface area (Å²) < 4.78 is 7.65. The van der Waals surface area contributed by atoms with E-state index in [4.69, 9.17) is 4.42 Å². The highest BCUT2D eigenvalue weighted by Gasteiger charge is 2.15. The second-order valence-electron chi connectivity index (χ2n) is 5.87. The van der Waals surface area contributed by atoms with E-state index in [0.717, 1.165) is 29.4 Å². The fourth-order valence-electron chi connectivity index (χ4n) is 2.63. The number of thiophene rings is 2. The normalized spacial score (nSPS) is 11.3. The van der Waals surface area contributed by atoms with Crippen LogP contribution in [0.3, 0.4) is 0 Å². The lowest BCUT2D eigenvalue weighted by Crippen LogP contribution is -2.04. The standard InChI is InChI=1S/C17H18N6OS3/c1-3-13-11(2)9-14(27-13)16-19-18-15(24-16)10-26-17-20-21-22-23(17)7-6-12-5-4-8-25-12/h4-5,8-9H,3,6-7,10H2,1-2H3. The van der Waals surface area contributed by atoms with Crippen LogP contribution in [0.1, 0.15) is 28.1 Å². The molecule has 10 heteroatoms. The van der Waals surface area contributed by atoms with Crippen LogP contribution in [-0.4, -0.2) is 30.4 Å². The summed E-state index contributed by atoms with van der Waals surface area (Å²) in [6.07, 6.45) is 1.93. The third-order valence-corrected chi connectivity index (χ3v) is 7.24. The van der Waals surface area contributed by atoms with E-state index in [9.17, 15) is 0 Å². The smallest absolute Gasteiger partial charge is 0.257 e. The number of rotatable bonds is 8. The van der Waals surface area contributed by atoms with E-state index in [0.29, 0.717) is 17.5 Å². The maximum atomic E-state index is 5.83. The van der Waals surface area contributed by atoms with E-state index in [2.05, 4.69) is 63.1 Å². The summed E-state index contributed by atoms with van der Waals surface area (Å²) in [4.78, 5) is 3.69. The number of aromatic nitrogens is 6. The molecule has 140 valence electrons. The summed E-state index contributed by atoms with van der Waals surface area (Å²) in [7, 11) is 0. The van der Waals surface area contributed by atoms with Gasteiger partial charge in [-0.2, -0.15) is 0 Å². The highest BCUT2D eigenvalue weighted by molar-refractivity contribution is 7.98. The van der Waals surface area contributed by atoms with Gasteiger partial charge in [-0.15, -0.1) is 38.0 Å². The fraction of sp³-hybridized carbons (Fsp3) is 0.353. The second-order valence-corrected chi connectivity index (χ2v) is 8.99. The van der Waals surface area contributed by atoms with Gasteiger partial charge in [-0.3, -0.25) is 0 Å². The van der Waals surface area contributed by atoms with Crippen molar-refractivity contribution in [1.82, 2.24) is 30.4 Å². The van der Waals surface area contributed by atoms with E-state index >= 15 is 0 Å². The molecule has 7 nitrogen and oxygen atoms in total. The van der Waals surface area contributed by atoms with Crippen molar-refractivity contribution in [3.8, 4) is 10.8 Å². The minimum absolute atomic E-state index is 0.539. The first-order chi connectivity index (χ1) is 13.2. The summed E-state index contributed by atoms with van der Waals surface area (Å²) in [6.45, 7) is 5.02. The molecule has 4 heterocycles. The lowest BCUT2D eigenvalue weighted by atomic mass is 10.2. The molecular weight excluding hydrogens is 400 g/mol. The molecule has 0 radical (unpaired) electrons. The minimum Gasteiger partial charge on any atom is -0.419 e. The van der Waals surface area contributed by atoms with E-state index in [-0.39, 0.29) is 0 Å². The van der Waals surface area contributed by atoms with Crippen molar-refractivity contribution in [2.24, 2.45) is 0 Å². The van der Waals surface area contributed by atoms with Gasteiger partial charge in [-0.25, -0.2) is 4.68 Å². The summed E-state index contributed by atoms with van der Waals surface area (Å²) in [5, 5.41) is 23.2. The van der Waals surface area contributed by atoms with Gasteiger partial charge in [-0.1, -0.05) is 24.8 Å². The third-order valence-electron chi connectivity index (χ3n) is 3.99. The van der Waals surface area contributed by atoms with Gasteiger partial charge < -0.3 is 4.42 Å². The van der Waals surface area contributed by atoms with Gasteiger partial charge in [0.1, 0.15) is 0 Å². The highest BCUT2D eigenvalue weighted by atomic mass is 32.2. The number of hydrogen-bond acceptors (Lipinski definition) is 9. The van der Waals surface area contributed by atoms with E-state index < -0.39 is 0 Å². The Morgan fingerprint density at radius 2 is 2.19 bits per heavy atom. The van der Waals surface area contributed by atoms with Crippen LogP contribution < -0.4 is 0 Å². The fourth-order valence-corrected chi connectivity index (χ4v) is 5.10. The molecule has 0 fully saturated rings. The molecule has 0 saturated carbocycles. The Bertz CT molecular complexity index is 1000. The molecule has 27 heavy (non-hydrogen) atoms. The topological polar surface area (TPSA) is 82.5 Å². The summed E-state index contributed by atoms with van der Waals surface area (Å²) in [5.74, 6) is 1.69. The zero-order chi connectivity index (χ0) is 18.6. The number of nitrogens with zero attached hydrogens (tertiary/aromatic N) is 6. The Hall–Kier alpha value is -2.04. The molecule has 0 atom stereocenters. The number of aryl methyl sites for hydroxylation is 4. The average molecular weight is 419 g/mol. The van der Waals surface area contributed by atoms with Gasteiger partial charge in [-0.05, 0) is 46.8 Å². The Morgan fingerprint density at radius 3 is 2.96 bits per heavy atom. The Balaban J connectivity index is 1.38. The van der Waals surface area contributed by atoms with E-state index in [1.807, 2.05) is 4.68 Å². The van der Waals surface area contributed by atoms with Crippen LogP contribution in [0.5, 0.6) is 0 Å². The molecule has 0 aliphatic rings. The average Bonchev–Trinajstić information content (AvgIpc) is 3.44. The maximum Gasteiger partial charge on any atom is 0.257 e. The first-order valence-corrected chi connectivity index (χ1v) is 11.2. The van der Waals surface area contributed by atoms with Gasteiger partial charge in [0.15, 0.2) is 0 Å². The van der Waals surface area contributed by atoms with Crippen LogP contribution in [0, 0.1) is 6.92 Å². The molecule has 4 aromatic rings. The van der Waals surface area contributed by atoms with E-state index in [1.54, 1.807) is 22.7 Å². The molecule has 0 saturated heterocycles. The summed E-state index contributed by atoms with van der Waals surface area (Å²) >= 11 is 4.96. The van der Waals surface area contributed by atoms with Gasteiger partial charge in [0, 0.05) is 16.2 Å². The molecule has 0 bridgehead atoms. The number of tetrazole rings is 1. The van der Waals surface area contributed by atoms with Crippen LogP contribution in [-0.2, 0) is 25.1 Å². The monoisotopic (exact) mass is 418 g/mol. The summed E-state index contributed by atoms with van der Waals surface area (Å²) in [5.41, 5.74) is 1.27. The predicted molar refractivity (Wildman–Crippen MR) is 107 cm³/mol. The Labute approximate surface area is 168 Å². The van der Waals surface area contributed by atoms with Crippen molar-refractivity contribution in [1.29, 1.82) is 0 Å². The molecular formula is C17H18N6OS3. The van der Waals surface area contributed by atoms with Gasteiger partial charge in [0.25, 0.3) is 5.89 Å². The minimum atomic E-state index is 0.539. The molecule has 0 aromatic carbocycles. The first kappa shape index (κ1) is 18.3. The van der Waals surface area contributed by atoms with Crippen LogP contribution >= 0.6 is 34.4 Å². The van der Waals surface area contributed by atoms with Crippen molar-refractivity contribution >= 4 is 34.4 Å². The second kappa shape index (κ2) is 8.32. The van der Waals surface area contributed by atoms with Crippen molar-refractivity contribution in [2.75, 3.05) is 0 Å². The van der Waals surface area contributed by atoms with Crippen LogP contribution in [0.2, 0.25) is 0 Å². The largest absolute Gasteiger partial charge is 0.419 e. The quantitative estimate of drug-likeness (QED) is 0.396. The number of thioether (sulfide) groups is 1. The van der Waals surface area contributed by atoms with Crippen LogP contribution in [0.15, 0.2) is 33.2 Å². The molecule has 0 unspecified atom stereocenters. The predicted octanol–water partition coefficient (Wildman–Crippen LogP) is 4.25. The zero-order valence-electron chi connectivity index (χ0n) is 15.0. The van der Waals surface area contributed by atoms with Crippen molar-refractivity contribution in [3.05, 3.63) is 44.8 Å². The SMILES string of the molecule is CCc1sc(-c2nnc(CSc3nnnn3CCc3cccs3)o2)cc1C. The van der Waals surface area contributed by atoms with Crippen LogP contribution in [0.25, 0.3) is 10.8 Å². The molecule has 0 spiro atoms. The maximum absolute atomic E-state index is 5.83. The number of hydrogen-bond donors (Lipinski definition) is 0.